The lowest BCUT2D eigenvalue weighted by Gasteiger charge is -2.19. The van der Waals surface area contributed by atoms with Crippen molar-refractivity contribution >= 4 is 23.8 Å². The molecule has 1 aromatic carbocycles. The van der Waals surface area contributed by atoms with Gasteiger partial charge in [-0.3, -0.25) is 0 Å². The average molecular weight is 325 g/mol. The van der Waals surface area contributed by atoms with E-state index in [0.29, 0.717) is 12.2 Å². The normalized spacial score (nSPS) is 12.5. The first kappa shape index (κ1) is 18.4. The molecule has 0 radical (unpaired) electrons. The Bertz CT molecular complexity index is 485. The number of ether oxygens (including phenoxy) is 1. The second kappa shape index (κ2) is 8.68. The van der Waals surface area contributed by atoms with Gasteiger partial charge in [0.05, 0.1) is 0 Å². The van der Waals surface area contributed by atoms with Gasteiger partial charge >= 0.3 is 12.1 Å². The predicted octanol–water partition coefficient (Wildman–Crippen LogP) is 3.29. The monoisotopic (exact) mass is 325 g/mol. The minimum Gasteiger partial charge on any atom is -0.480 e. The van der Waals surface area contributed by atoms with Gasteiger partial charge in [0, 0.05) is 4.75 Å². The topological polar surface area (TPSA) is 75.6 Å². The van der Waals surface area contributed by atoms with E-state index in [0.717, 1.165) is 5.56 Å². The Morgan fingerprint density at radius 1 is 1.27 bits per heavy atom. The molecular formula is C16H23NO4S. The van der Waals surface area contributed by atoms with Gasteiger partial charge < -0.3 is 15.2 Å². The molecular weight excluding hydrogens is 302 g/mol. The highest BCUT2D eigenvalue weighted by Crippen LogP contribution is 2.24. The van der Waals surface area contributed by atoms with Gasteiger partial charge in [-0.05, 0) is 17.7 Å². The van der Waals surface area contributed by atoms with E-state index < -0.39 is 18.1 Å². The fourth-order valence-corrected chi connectivity index (χ4v) is 2.61. The molecule has 1 rings (SSSR count). The van der Waals surface area contributed by atoms with Crippen LogP contribution in [-0.4, -0.2) is 33.7 Å². The first-order chi connectivity index (χ1) is 10.3. The molecule has 1 atom stereocenters. The van der Waals surface area contributed by atoms with Gasteiger partial charge in [0.25, 0.3) is 0 Å². The summed E-state index contributed by atoms with van der Waals surface area (Å²) in [6.45, 7) is 6.31. The standard InChI is InChI=1S/C16H23NO4S/c1-16(2,3)22-10-9-13(14(18)19)17-15(20)21-11-12-7-5-4-6-8-12/h4-8,13H,9-11H2,1-3H3,(H,17,20)(H,18,19). The van der Waals surface area contributed by atoms with Crippen LogP contribution in [-0.2, 0) is 16.1 Å². The molecule has 0 heterocycles. The second-order valence-corrected chi connectivity index (χ2v) is 7.77. The maximum atomic E-state index is 11.7. The number of rotatable bonds is 7. The van der Waals surface area contributed by atoms with Crippen molar-refractivity contribution in [2.24, 2.45) is 0 Å². The number of carbonyl (C=O) groups excluding carboxylic acids is 1. The van der Waals surface area contributed by atoms with Crippen LogP contribution < -0.4 is 5.32 Å². The minimum absolute atomic E-state index is 0.0663. The molecule has 0 fully saturated rings. The van der Waals surface area contributed by atoms with Crippen LogP contribution in [0.2, 0.25) is 0 Å². The minimum atomic E-state index is -1.05. The molecule has 0 saturated heterocycles. The van der Waals surface area contributed by atoms with Crippen LogP contribution in [0.1, 0.15) is 32.8 Å². The third-order valence-electron chi connectivity index (χ3n) is 2.74. The molecule has 0 aromatic heterocycles. The number of benzene rings is 1. The van der Waals surface area contributed by atoms with Crippen molar-refractivity contribution in [3.63, 3.8) is 0 Å². The molecule has 0 aliphatic heterocycles. The number of aliphatic carboxylic acids is 1. The summed E-state index contributed by atoms with van der Waals surface area (Å²) in [6, 6.07) is 8.31. The quantitative estimate of drug-likeness (QED) is 0.804. The predicted molar refractivity (Wildman–Crippen MR) is 88.0 cm³/mol. The third kappa shape index (κ3) is 7.93. The summed E-state index contributed by atoms with van der Waals surface area (Å²) in [7, 11) is 0. The van der Waals surface area contributed by atoms with Crippen molar-refractivity contribution in [1.82, 2.24) is 5.32 Å². The number of nitrogens with one attached hydrogen (secondary N) is 1. The van der Waals surface area contributed by atoms with E-state index >= 15 is 0 Å². The molecule has 0 aliphatic rings. The maximum absolute atomic E-state index is 11.7. The number of hydrogen-bond donors (Lipinski definition) is 2. The Kier molecular flexibility index (Phi) is 7.24. The van der Waals surface area contributed by atoms with Crippen molar-refractivity contribution < 1.29 is 19.4 Å². The van der Waals surface area contributed by atoms with Crippen LogP contribution in [0.25, 0.3) is 0 Å². The number of alkyl carbamates (subject to hydrolysis) is 1. The zero-order valence-corrected chi connectivity index (χ0v) is 14.0. The van der Waals surface area contributed by atoms with E-state index in [4.69, 9.17) is 9.84 Å². The smallest absolute Gasteiger partial charge is 0.408 e. The van der Waals surface area contributed by atoms with E-state index in [1.165, 1.54) is 0 Å². The Morgan fingerprint density at radius 3 is 2.45 bits per heavy atom. The van der Waals surface area contributed by atoms with Gasteiger partial charge in [-0.1, -0.05) is 51.1 Å². The van der Waals surface area contributed by atoms with Crippen molar-refractivity contribution in [3.05, 3.63) is 35.9 Å². The lowest BCUT2D eigenvalue weighted by molar-refractivity contribution is -0.139. The molecule has 0 spiro atoms. The summed E-state index contributed by atoms with van der Waals surface area (Å²) in [6.07, 6.45) is -0.352. The Labute approximate surface area is 135 Å². The van der Waals surface area contributed by atoms with Crippen LogP contribution in [0, 0.1) is 0 Å². The highest BCUT2D eigenvalue weighted by Gasteiger charge is 2.21. The van der Waals surface area contributed by atoms with Crippen molar-refractivity contribution in [2.45, 2.75) is 44.6 Å². The molecule has 0 saturated carbocycles. The highest BCUT2D eigenvalue weighted by atomic mass is 32.2. The second-order valence-electron chi connectivity index (χ2n) is 5.85. The van der Waals surface area contributed by atoms with Gasteiger partial charge in [0.2, 0.25) is 0 Å². The number of amides is 1. The summed E-state index contributed by atoms with van der Waals surface area (Å²) in [5.41, 5.74) is 0.854. The summed E-state index contributed by atoms with van der Waals surface area (Å²) >= 11 is 1.66. The van der Waals surface area contributed by atoms with E-state index in [1.807, 2.05) is 30.3 Å². The maximum Gasteiger partial charge on any atom is 0.408 e. The zero-order valence-electron chi connectivity index (χ0n) is 13.2. The number of hydrogen-bond acceptors (Lipinski definition) is 4. The summed E-state index contributed by atoms with van der Waals surface area (Å²) in [5, 5.41) is 11.6. The Balaban J connectivity index is 2.39. The fourth-order valence-electron chi connectivity index (χ4n) is 1.65. The Morgan fingerprint density at radius 2 is 1.91 bits per heavy atom. The van der Waals surface area contributed by atoms with Gasteiger partial charge in [-0.25, -0.2) is 9.59 Å². The van der Waals surface area contributed by atoms with Crippen LogP contribution in [0.3, 0.4) is 0 Å². The van der Waals surface area contributed by atoms with Crippen LogP contribution in [0.5, 0.6) is 0 Å². The lowest BCUT2D eigenvalue weighted by atomic mass is 10.2. The highest BCUT2D eigenvalue weighted by molar-refractivity contribution is 8.00. The van der Waals surface area contributed by atoms with E-state index in [-0.39, 0.29) is 11.4 Å². The average Bonchev–Trinajstić information content (AvgIpc) is 2.43. The van der Waals surface area contributed by atoms with E-state index in [9.17, 15) is 9.59 Å². The third-order valence-corrected chi connectivity index (χ3v) is 4.05. The molecule has 0 bridgehead atoms. The van der Waals surface area contributed by atoms with Crippen LogP contribution >= 0.6 is 11.8 Å². The largest absolute Gasteiger partial charge is 0.480 e. The number of carbonyl (C=O) groups is 2. The van der Waals surface area contributed by atoms with Gasteiger partial charge in [-0.15, -0.1) is 0 Å². The Hall–Kier alpha value is -1.69. The van der Waals surface area contributed by atoms with Crippen LogP contribution in [0.15, 0.2) is 30.3 Å². The molecule has 6 heteroatoms. The molecule has 0 aliphatic carbocycles. The number of carboxylic acid groups (broad SMARTS) is 1. The van der Waals surface area contributed by atoms with Gasteiger partial charge in [0.15, 0.2) is 0 Å². The first-order valence-corrected chi connectivity index (χ1v) is 8.10. The SMILES string of the molecule is CC(C)(C)SCCC(NC(=O)OCc1ccccc1)C(=O)O. The van der Waals surface area contributed by atoms with Crippen molar-refractivity contribution in [2.75, 3.05) is 5.75 Å². The summed E-state index contributed by atoms with van der Waals surface area (Å²) in [5.74, 6) is -0.398. The molecule has 1 amide bonds. The number of carboxylic acids is 1. The fraction of sp³-hybridized carbons (Fsp3) is 0.500. The van der Waals surface area contributed by atoms with Crippen LogP contribution in [0.4, 0.5) is 4.79 Å². The lowest BCUT2D eigenvalue weighted by Crippen LogP contribution is -2.41. The molecule has 5 nitrogen and oxygen atoms in total. The molecule has 1 aromatic rings. The molecule has 122 valence electrons. The summed E-state index contributed by atoms with van der Waals surface area (Å²) < 4.78 is 5.10. The zero-order chi connectivity index (χ0) is 16.6. The molecule has 2 N–H and O–H groups in total. The van der Waals surface area contributed by atoms with Gasteiger partial charge in [0.1, 0.15) is 12.6 Å². The van der Waals surface area contributed by atoms with Crippen molar-refractivity contribution in [3.8, 4) is 0 Å². The first-order valence-electron chi connectivity index (χ1n) is 7.12. The van der Waals surface area contributed by atoms with E-state index in [2.05, 4.69) is 26.1 Å². The van der Waals surface area contributed by atoms with E-state index in [1.54, 1.807) is 11.8 Å². The molecule has 1 unspecified atom stereocenters. The molecule has 22 heavy (non-hydrogen) atoms. The summed E-state index contributed by atoms with van der Waals surface area (Å²) in [4.78, 5) is 22.9. The van der Waals surface area contributed by atoms with Crippen molar-refractivity contribution in [1.29, 1.82) is 0 Å². The number of thioether (sulfide) groups is 1. The van der Waals surface area contributed by atoms with Gasteiger partial charge in [-0.2, -0.15) is 11.8 Å².